The van der Waals surface area contributed by atoms with E-state index in [1.807, 2.05) is 16.8 Å². The lowest BCUT2D eigenvalue weighted by atomic mass is 10.2. The maximum Gasteiger partial charge on any atom is 0.223 e. The molecule has 0 unspecified atom stereocenters. The standard InChI is InChI=1S/C18H18F2N4O/c1-2-24-9-8-22-17(24)12-21-11-13-4-3-7-23-18(13)25-16-6-5-14(19)10-15(16)20/h3-10,21H,2,11-12H2,1H3. The van der Waals surface area contributed by atoms with Gasteiger partial charge in [-0.15, -0.1) is 0 Å². The summed E-state index contributed by atoms with van der Waals surface area (Å²) in [6.45, 7) is 3.96. The molecular weight excluding hydrogens is 326 g/mol. The third kappa shape index (κ3) is 4.19. The summed E-state index contributed by atoms with van der Waals surface area (Å²) in [6.07, 6.45) is 5.24. The molecule has 0 fully saturated rings. The fourth-order valence-electron chi connectivity index (χ4n) is 2.42. The van der Waals surface area contributed by atoms with Crippen molar-refractivity contribution in [2.75, 3.05) is 0 Å². The van der Waals surface area contributed by atoms with Gasteiger partial charge in [0, 0.05) is 43.3 Å². The number of imidazole rings is 1. The second-order valence-corrected chi connectivity index (χ2v) is 5.38. The van der Waals surface area contributed by atoms with Crippen LogP contribution < -0.4 is 10.1 Å². The number of aryl methyl sites for hydroxylation is 1. The molecular formula is C18H18F2N4O. The fraction of sp³-hybridized carbons (Fsp3) is 0.222. The van der Waals surface area contributed by atoms with Gasteiger partial charge < -0.3 is 14.6 Å². The first-order valence-corrected chi connectivity index (χ1v) is 7.95. The minimum Gasteiger partial charge on any atom is -0.436 e. The molecule has 1 aromatic carbocycles. The predicted molar refractivity (Wildman–Crippen MR) is 89.1 cm³/mol. The Morgan fingerprint density at radius 1 is 1.12 bits per heavy atom. The van der Waals surface area contributed by atoms with E-state index in [1.165, 1.54) is 6.07 Å². The summed E-state index contributed by atoms with van der Waals surface area (Å²) >= 11 is 0. The van der Waals surface area contributed by atoms with Gasteiger partial charge in [-0.3, -0.25) is 0 Å². The Bertz CT molecular complexity index is 851. The average Bonchev–Trinajstić information content (AvgIpc) is 3.06. The van der Waals surface area contributed by atoms with Gasteiger partial charge in [0.15, 0.2) is 11.6 Å². The lowest BCUT2D eigenvalue weighted by Crippen LogP contribution is -2.17. The third-order valence-corrected chi connectivity index (χ3v) is 3.69. The second kappa shape index (κ2) is 7.85. The minimum atomic E-state index is -0.769. The molecule has 7 heteroatoms. The van der Waals surface area contributed by atoms with Crippen LogP contribution in [0.5, 0.6) is 11.6 Å². The number of aromatic nitrogens is 3. The van der Waals surface area contributed by atoms with Crippen molar-refractivity contribution in [3.8, 4) is 11.6 Å². The molecule has 3 aromatic rings. The first-order valence-electron chi connectivity index (χ1n) is 7.95. The van der Waals surface area contributed by atoms with Crippen LogP contribution in [0.25, 0.3) is 0 Å². The molecule has 0 aliphatic rings. The number of nitrogens with one attached hydrogen (secondary N) is 1. The summed E-state index contributed by atoms with van der Waals surface area (Å²) in [5.74, 6) is -0.283. The number of hydrogen-bond acceptors (Lipinski definition) is 4. The lowest BCUT2D eigenvalue weighted by Gasteiger charge is -2.11. The molecule has 25 heavy (non-hydrogen) atoms. The number of nitrogens with zero attached hydrogens (tertiary/aromatic N) is 3. The van der Waals surface area contributed by atoms with Gasteiger partial charge in [0.1, 0.15) is 11.6 Å². The summed E-state index contributed by atoms with van der Waals surface area (Å²) in [5, 5.41) is 3.27. The van der Waals surface area contributed by atoms with Crippen LogP contribution in [0.15, 0.2) is 48.9 Å². The first-order chi connectivity index (χ1) is 12.2. The highest BCUT2D eigenvalue weighted by Crippen LogP contribution is 2.26. The summed E-state index contributed by atoms with van der Waals surface area (Å²) in [5.41, 5.74) is 0.765. The molecule has 0 atom stereocenters. The second-order valence-electron chi connectivity index (χ2n) is 5.38. The van der Waals surface area contributed by atoms with E-state index in [4.69, 9.17) is 4.74 Å². The van der Waals surface area contributed by atoms with E-state index in [0.29, 0.717) is 13.1 Å². The normalized spacial score (nSPS) is 10.8. The van der Waals surface area contributed by atoms with Gasteiger partial charge in [0.05, 0.1) is 6.54 Å². The predicted octanol–water partition coefficient (Wildman–Crippen LogP) is 3.66. The van der Waals surface area contributed by atoms with E-state index >= 15 is 0 Å². The molecule has 5 nitrogen and oxygen atoms in total. The van der Waals surface area contributed by atoms with Crippen molar-refractivity contribution in [2.45, 2.75) is 26.6 Å². The van der Waals surface area contributed by atoms with Crippen molar-refractivity contribution in [2.24, 2.45) is 0 Å². The van der Waals surface area contributed by atoms with Crippen molar-refractivity contribution in [1.82, 2.24) is 19.9 Å². The molecule has 0 radical (unpaired) electrons. The number of benzene rings is 1. The van der Waals surface area contributed by atoms with Crippen molar-refractivity contribution in [1.29, 1.82) is 0 Å². The van der Waals surface area contributed by atoms with Crippen molar-refractivity contribution < 1.29 is 13.5 Å². The maximum atomic E-state index is 13.8. The van der Waals surface area contributed by atoms with Crippen molar-refractivity contribution in [3.05, 3.63) is 71.9 Å². The van der Waals surface area contributed by atoms with Crippen molar-refractivity contribution in [3.63, 3.8) is 0 Å². The Balaban J connectivity index is 1.68. The minimum absolute atomic E-state index is 0.0668. The molecule has 3 rings (SSSR count). The molecule has 0 spiro atoms. The van der Waals surface area contributed by atoms with E-state index in [0.717, 1.165) is 30.1 Å². The highest BCUT2D eigenvalue weighted by Gasteiger charge is 2.11. The number of rotatable bonds is 7. The molecule has 0 amide bonds. The van der Waals surface area contributed by atoms with Crippen LogP contribution in [-0.4, -0.2) is 14.5 Å². The highest BCUT2D eigenvalue weighted by atomic mass is 19.1. The summed E-state index contributed by atoms with van der Waals surface area (Å²) in [4.78, 5) is 8.44. The molecule has 0 saturated heterocycles. The zero-order chi connectivity index (χ0) is 17.6. The summed E-state index contributed by atoms with van der Waals surface area (Å²) < 4.78 is 34.3. The van der Waals surface area contributed by atoms with E-state index in [-0.39, 0.29) is 11.6 Å². The van der Waals surface area contributed by atoms with Gasteiger partial charge in [-0.2, -0.15) is 0 Å². The van der Waals surface area contributed by atoms with Gasteiger partial charge in [0.25, 0.3) is 0 Å². The number of hydrogen-bond donors (Lipinski definition) is 1. The SMILES string of the molecule is CCn1ccnc1CNCc1cccnc1Oc1ccc(F)cc1F. The van der Waals surface area contributed by atoms with Crippen LogP contribution in [-0.2, 0) is 19.6 Å². The van der Waals surface area contributed by atoms with Crippen molar-refractivity contribution >= 4 is 0 Å². The molecule has 0 saturated carbocycles. The average molecular weight is 344 g/mol. The van der Waals surface area contributed by atoms with Crippen LogP contribution in [0, 0.1) is 11.6 Å². The van der Waals surface area contributed by atoms with Crippen LogP contribution in [0.3, 0.4) is 0 Å². The Kier molecular flexibility index (Phi) is 5.35. The third-order valence-electron chi connectivity index (χ3n) is 3.69. The molecule has 0 aliphatic carbocycles. The maximum absolute atomic E-state index is 13.8. The summed E-state index contributed by atoms with van der Waals surface area (Å²) in [7, 11) is 0. The van der Waals surface area contributed by atoms with E-state index in [9.17, 15) is 8.78 Å². The monoisotopic (exact) mass is 344 g/mol. The lowest BCUT2D eigenvalue weighted by molar-refractivity contribution is 0.416. The largest absolute Gasteiger partial charge is 0.436 e. The topological polar surface area (TPSA) is 52.0 Å². The molecule has 130 valence electrons. The Labute approximate surface area is 144 Å². The molecule has 2 heterocycles. The number of ether oxygens (including phenoxy) is 1. The molecule has 1 N–H and O–H groups in total. The summed E-state index contributed by atoms with van der Waals surface area (Å²) in [6, 6.07) is 6.78. The van der Waals surface area contributed by atoms with Gasteiger partial charge >= 0.3 is 0 Å². The van der Waals surface area contributed by atoms with E-state index in [2.05, 4.69) is 22.2 Å². The number of pyridine rings is 1. The Morgan fingerprint density at radius 3 is 2.80 bits per heavy atom. The Morgan fingerprint density at radius 2 is 2.00 bits per heavy atom. The van der Waals surface area contributed by atoms with Crippen LogP contribution in [0.1, 0.15) is 18.3 Å². The zero-order valence-corrected chi connectivity index (χ0v) is 13.7. The molecule has 0 aliphatic heterocycles. The van der Waals surface area contributed by atoms with Gasteiger partial charge in [-0.1, -0.05) is 6.07 Å². The van der Waals surface area contributed by atoms with Crippen LogP contribution in [0.2, 0.25) is 0 Å². The van der Waals surface area contributed by atoms with E-state index in [1.54, 1.807) is 18.5 Å². The Hall–Kier alpha value is -2.80. The number of halogens is 2. The van der Waals surface area contributed by atoms with Gasteiger partial charge in [0.2, 0.25) is 5.88 Å². The first kappa shape index (κ1) is 17.0. The van der Waals surface area contributed by atoms with E-state index < -0.39 is 11.6 Å². The van der Waals surface area contributed by atoms with Crippen LogP contribution >= 0.6 is 0 Å². The smallest absolute Gasteiger partial charge is 0.223 e. The van der Waals surface area contributed by atoms with Crippen LogP contribution in [0.4, 0.5) is 8.78 Å². The van der Waals surface area contributed by atoms with Gasteiger partial charge in [-0.05, 0) is 25.1 Å². The highest BCUT2D eigenvalue weighted by molar-refractivity contribution is 5.33. The fourth-order valence-corrected chi connectivity index (χ4v) is 2.42. The quantitative estimate of drug-likeness (QED) is 0.711. The molecule has 2 aromatic heterocycles. The zero-order valence-electron chi connectivity index (χ0n) is 13.7. The molecule has 0 bridgehead atoms. The van der Waals surface area contributed by atoms with Gasteiger partial charge in [-0.25, -0.2) is 18.7 Å².